The summed E-state index contributed by atoms with van der Waals surface area (Å²) < 4.78 is 13.5. The molecule has 280 valence electrons. The average molecular weight is 727 g/mol. The Morgan fingerprint density at radius 3 is 2.09 bits per heavy atom. The summed E-state index contributed by atoms with van der Waals surface area (Å²) in [5, 5.41) is 23.6. The van der Waals surface area contributed by atoms with Gasteiger partial charge in [-0.3, -0.25) is 19.6 Å². The molecular formula is C39H46N6O8. The Morgan fingerprint density at radius 1 is 0.868 bits per heavy atom. The van der Waals surface area contributed by atoms with Gasteiger partial charge >= 0.3 is 11.9 Å². The fourth-order valence-corrected chi connectivity index (χ4v) is 7.97. The highest BCUT2D eigenvalue weighted by atomic mass is 16.5. The monoisotopic (exact) mass is 726 g/mol. The van der Waals surface area contributed by atoms with E-state index in [1.54, 1.807) is 45.2 Å². The summed E-state index contributed by atoms with van der Waals surface area (Å²) in [4.78, 5) is 60.8. The number of rotatable bonds is 10. The van der Waals surface area contributed by atoms with Crippen molar-refractivity contribution in [3.05, 3.63) is 58.4 Å². The van der Waals surface area contributed by atoms with Gasteiger partial charge in [-0.2, -0.15) is 0 Å². The van der Waals surface area contributed by atoms with Crippen molar-refractivity contribution < 1.29 is 38.9 Å². The van der Waals surface area contributed by atoms with Crippen LogP contribution in [0.4, 0.5) is 11.4 Å². The van der Waals surface area contributed by atoms with E-state index in [4.69, 9.17) is 25.9 Å². The lowest BCUT2D eigenvalue weighted by Gasteiger charge is -2.37. The van der Waals surface area contributed by atoms with E-state index < -0.39 is 18.0 Å². The fourth-order valence-electron chi connectivity index (χ4n) is 7.97. The van der Waals surface area contributed by atoms with Gasteiger partial charge in [-0.1, -0.05) is 13.0 Å². The van der Waals surface area contributed by atoms with Crippen LogP contribution in [0.15, 0.2) is 30.3 Å². The maximum Gasteiger partial charge on any atom is 0.339 e. The number of hydrogen-bond donors (Lipinski definition) is 5. The molecular weight excluding hydrogens is 680 g/mol. The van der Waals surface area contributed by atoms with Gasteiger partial charge in [0, 0.05) is 44.0 Å². The van der Waals surface area contributed by atoms with E-state index >= 15 is 0 Å². The van der Waals surface area contributed by atoms with Crippen molar-refractivity contribution in [2.75, 3.05) is 31.6 Å². The number of piperidine rings is 1. The maximum absolute atomic E-state index is 12.6. The van der Waals surface area contributed by atoms with Crippen LogP contribution < -0.4 is 26.3 Å². The number of ether oxygens (including phenoxy) is 2. The zero-order valence-electron chi connectivity index (χ0n) is 30.4. The van der Waals surface area contributed by atoms with Crippen LogP contribution in [0.25, 0.3) is 21.8 Å². The molecule has 0 spiro atoms. The largest absolute Gasteiger partial charge is 0.490 e. The summed E-state index contributed by atoms with van der Waals surface area (Å²) in [6.45, 7) is 6.03. The number of carboxylic acids is 2. The summed E-state index contributed by atoms with van der Waals surface area (Å²) in [7, 11) is 1.63. The van der Waals surface area contributed by atoms with Crippen LogP contribution in [-0.4, -0.2) is 75.1 Å². The van der Waals surface area contributed by atoms with Crippen molar-refractivity contribution >= 4 is 56.9 Å². The number of hydrogen-bond acceptors (Lipinski definition) is 10. The fraction of sp³-hybridized carbons (Fsp3) is 0.436. The van der Waals surface area contributed by atoms with E-state index in [0.717, 1.165) is 0 Å². The highest BCUT2D eigenvalue weighted by molar-refractivity contribution is 6.08. The number of nitrogens with one attached hydrogen (secondary N) is 1. The Kier molecular flexibility index (Phi) is 10.6. The van der Waals surface area contributed by atoms with Gasteiger partial charge in [0.15, 0.2) is 0 Å². The number of nitrogen functional groups attached to an aromatic ring is 2. The molecule has 2 amide bonds. The van der Waals surface area contributed by atoms with Gasteiger partial charge < -0.3 is 41.4 Å². The van der Waals surface area contributed by atoms with Crippen LogP contribution in [-0.2, 0) is 9.59 Å². The normalized spacial score (nSPS) is 18.5. The van der Waals surface area contributed by atoms with Gasteiger partial charge in [-0.05, 0) is 76.6 Å². The molecule has 1 unspecified atom stereocenters. The number of amides is 2. The van der Waals surface area contributed by atoms with E-state index in [1.165, 1.54) is 0 Å². The van der Waals surface area contributed by atoms with Crippen molar-refractivity contribution in [1.82, 2.24) is 20.2 Å². The molecule has 1 saturated heterocycles. The van der Waals surface area contributed by atoms with E-state index in [2.05, 4.69) is 10.3 Å². The standard InChI is InChI=1S/C39H46N6O8/c1-5-28(46)45-17-15-21(16-18-45)36(53-26-8-6-7-25-31(26)33(40)29(38(48)49)19(2)43-25)24-13-14-27(52-23-11-9-22(10-12-23)37(47)42-4)32-34(41)30(39(50)51)20(3)44-35(24)32/h6-8,13-14,21-23,36H,5,9-12,15-18H2,1-4H3,(H2,40,43)(H2,41,44)(H,42,47)(H,48,49)(H,50,51). The topological polar surface area (TPSA) is 220 Å². The molecule has 2 aliphatic rings. The zero-order valence-corrected chi connectivity index (χ0v) is 30.4. The molecule has 14 heteroatoms. The third-order valence-electron chi connectivity index (χ3n) is 10.7. The van der Waals surface area contributed by atoms with Crippen LogP contribution in [0, 0.1) is 25.7 Å². The molecule has 1 atom stereocenters. The smallest absolute Gasteiger partial charge is 0.339 e. The van der Waals surface area contributed by atoms with Gasteiger partial charge in [0.1, 0.15) is 28.7 Å². The van der Waals surface area contributed by atoms with Crippen LogP contribution >= 0.6 is 0 Å². The number of aromatic carboxylic acids is 2. The third kappa shape index (κ3) is 7.09. The lowest BCUT2D eigenvalue weighted by Crippen LogP contribution is -2.40. The Morgan fingerprint density at radius 2 is 1.49 bits per heavy atom. The molecule has 2 fully saturated rings. The second-order valence-corrected chi connectivity index (χ2v) is 13.9. The lowest BCUT2D eigenvalue weighted by atomic mass is 9.85. The van der Waals surface area contributed by atoms with E-state index in [9.17, 15) is 29.4 Å². The molecule has 14 nitrogen and oxygen atoms in total. The summed E-state index contributed by atoms with van der Waals surface area (Å²) in [5.74, 6) is -1.92. The number of nitrogens with zero attached hydrogens (tertiary/aromatic N) is 3. The number of anilines is 2. The highest BCUT2D eigenvalue weighted by Gasteiger charge is 2.35. The van der Waals surface area contributed by atoms with Crippen molar-refractivity contribution in [2.45, 2.75) is 77.9 Å². The first-order chi connectivity index (χ1) is 25.3. The molecule has 2 aromatic heterocycles. The van der Waals surface area contributed by atoms with Crippen LogP contribution in [0.2, 0.25) is 0 Å². The van der Waals surface area contributed by atoms with Crippen LogP contribution in [0.3, 0.4) is 0 Å². The Balaban J connectivity index is 1.49. The van der Waals surface area contributed by atoms with E-state index in [0.29, 0.717) is 96.9 Å². The second-order valence-electron chi connectivity index (χ2n) is 13.9. The molecule has 0 bridgehead atoms. The zero-order chi connectivity index (χ0) is 38.1. The van der Waals surface area contributed by atoms with Crippen molar-refractivity contribution in [1.29, 1.82) is 0 Å². The number of benzene rings is 2. The number of aryl methyl sites for hydroxylation is 2. The summed E-state index contributed by atoms with van der Waals surface area (Å²) in [5.41, 5.74) is 15.0. The van der Waals surface area contributed by atoms with Gasteiger partial charge in [0.05, 0.1) is 50.7 Å². The first-order valence-electron chi connectivity index (χ1n) is 18.0. The molecule has 0 radical (unpaired) electrons. The predicted octanol–water partition coefficient (Wildman–Crippen LogP) is 5.41. The molecule has 1 saturated carbocycles. The molecule has 7 N–H and O–H groups in total. The number of fused-ring (bicyclic) bond motifs is 2. The minimum atomic E-state index is -1.22. The second kappa shape index (κ2) is 15.1. The number of pyridine rings is 2. The maximum atomic E-state index is 12.6. The van der Waals surface area contributed by atoms with Crippen LogP contribution in [0.5, 0.6) is 11.5 Å². The molecule has 6 rings (SSSR count). The van der Waals surface area contributed by atoms with Gasteiger partial charge in [0.2, 0.25) is 11.8 Å². The number of carbonyl (C=O) groups excluding carboxylic acids is 2. The lowest BCUT2D eigenvalue weighted by molar-refractivity contribution is -0.132. The number of carbonyl (C=O) groups is 4. The molecule has 3 heterocycles. The first kappa shape index (κ1) is 37.1. The summed E-state index contributed by atoms with van der Waals surface area (Å²) in [6, 6.07) is 8.84. The number of likely N-dealkylation sites (tertiary alicyclic amines) is 1. The Labute approximate surface area is 306 Å². The Bertz CT molecular complexity index is 2100. The minimum Gasteiger partial charge on any atom is -0.490 e. The summed E-state index contributed by atoms with van der Waals surface area (Å²) in [6.07, 6.45) is 3.17. The Hall–Kier alpha value is -5.66. The molecule has 1 aliphatic heterocycles. The van der Waals surface area contributed by atoms with Gasteiger partial charge in [-0.15, -0.1) is 0 Å². The van der Waals surface area contributed by atoms with Crippen molar-refractivity contribution in [3.63, 3.8) is 0 Å². The summed E-state index contributed by atoms with van der Waals surface area (Å²) >= 11 is 0. The molecule has 2 aromatic carbocycles. The molecule has 53 heavy (non-hydrogen) atoms. The minimum absolute atomic E-state index is 0.00209. The van der Waals surface area contributed by atoms with Gasteiger partial charge in [-0.25, -0.2) is 9.59 Å². The number of aromatic nitrogens is 2. The average Bonchev–Trinajstić information content (AvgIpc) is 3.13. The number of carboxylic acid groups (broad SMARTS) is 2. The first-order valence-corrected chi connectivity index (χ1v) is 18.0. The highest BCUT2D eigenvalue weighted by Crippen LogP contribution is 2.45. The molecule has 1 aliphatic carbocycles. The molecule has 4 aromatic rings. The van der Waals surface area contributed by atoms with E-state index in [1.807, 2.05) is 17.9 Å². The number of nitrogens with two attached hydrogens (primary N) is 2. The quantitative estimate of drug-likeness (QED) is 0.138. The van der Waals surface area contributed by atoms with E-state index in [-0.39, 0.29) is 63.6 Å². The van der Waals surface area contributed by atoms with Crippen molar-refractivity contribution in [3.8, 4) is 11.5 Å². The SMILES string of the molecule is CCC(=O)N1CCC(C(Oc2cccc3nc(C)c(C(=O)O)c(N)c23)c2ccc(OC3CCC(C(=O)NC)CC3)c3c(N)c(C(=O)O)c(C)nc23)CC1. The van der Waals surface area contributed by atoms with Crippen molar-refractivity contribution in [2.24, 2.45) is 11.8 Å². The van der Waals surface area contributed by atoms with Crippen LogP contribution in [0.1, 0.15) is 95.6 Å². The third-order valence-corrected chi connectivity index (χ3v) is 10.7. The predicted molar refractivity (Wildman–Crippen MR) is 199 cm³/mol. The van der Waals surface area contributed by atoms with Gasteiger partial charge in [0.25, 0.3) is 0 Å².